The summed E-state index contributed by atoms with van der Waals surface area (Å²) < 4.78 is 0. The van der Waals surface area contributed by atoms with E-state index in [-0.39, 0.29) is 12.1 Å². The van der Waals surface area contributed by atoms with Gasteiger partial charge in [-0.1, -0.05) is 40.8 Å². The van der Waals surface area contributed by atoms with E-state index in [9.17, 15) is 4.91 Å². The van der Waals surface area contributed by atoms with Crippen molar-refractivity contribution in [1.82, 2.24) is 20.9 Å². The molecule has 2 atom stereocenters. The molecule has 4 heterocycles. The fourth-order valence-corrected chi connectivity index (χ4v) is 5.92. The van der Waals surface area contributed by atoms with Gasteiger partial charge in [0.15, 0.2) is 0 Å². The first-order valence-corrected chi connectivity index (χ1v) is 12.5. The molecule has 1 aromatic heterocycles. The molecule has 2 aromatic rings. The molecule has 33 heavy (non-hydrogen) atoms. The van der Waals surface area contributed by atoms with Crippen molar-refractivity contribution < 1.29 is 0 Å². The number of anilines is 1. The van der Waals surface area contributed by atoms with E-state index in [2.05, 4.69) is 62.7 Å². The lowest BCUT2D eigenvalue weighted by atomic mass is 9.96. The molecule has 3 N–H and O–H groups in total. The molecule has 9 heteroatoms. The summed E-state index contributed by atoms with van der Waals surface area (Å²) in [4.78, 5) is 22.7. The Bertz CT molecular complexity index is 1060. The van der Waals surface area contributed by atoms with Crippen LogP contribution in [0.15, 0.2) is 34.9 Å². The van der Waals surface area contributed by atoms with Crippen molar-refractivity contribution in [3.05, 3.63) is 51.5 Å². The Kier molecular flexibility index (Phi) is 6.41. The zero-order chi connectivity index (χ0) is 22.8. The van der Waals surface area contributed by atoms with Crippen molar-refractivity contribution in [3.63, 3.8) is 0 Å². The minimum Gasteiger partial charge on any atom is -0.383 e. The number of aliphatic imine (C=N–C) groups is 1. The number of hydrogen-bond donors (Lipinski definition) is 3. The zero-order valence-corrected chi connectivity index (χ0v) is 19.8. The molecule has 0 amide bonds. The summed E-state index contributed by atoms with van der Waals surface area (Å²) in [6.07, 6.45) is 4.81. The van der Waals surface area contributed by atoms with E-state index in [0.29, 0.717) is 12.5 Å². The van der Waals surface area contributed by atoms with Crippen molar-refractivity contribution in [1.29, 1.82) is 0 Å². The molecule has 3 aliphatic rings. The number of nitrogens with zero attached hydrogens (tertiary/aromatic N) is 4. The molecule has 3 aliphatic heterocycles. The molecule has 0 spiro atoms. The topological polar surface area (TPSA) is 94.0 Å². The molecule has 0 bridgehead atoms. The summed E-state index contributed by atoms with van der Waals surface area (Å²) in [5.74, 6) is 0.953. The Labute approximate surface area is 198 Å². The first-order valence-electron chi connectivity index (χ1n) is 11.7. The molecule has 0 aliphatic carbocycles. The predicted octanol–water partition coefficient (Wildman–Crippen LogP) is 4.03. The number of fused-ring (bicyclic) bond motifs is 2. The van der Waals surface area contributed by atoms with Crippen LogP contribution in [0.3, 0.4) is 0 Å². The highest BCUT2D eigenvalue weighted by Crippen LogP contribution is 2.45. The van der Waals surface area contributed by atoms with Crippen LogP contribution < -0.4 is 20.9 Å². The van der Waals surface area contributed by atoms with E-state index in [0.717, 1.165) is 54.0 Å². The summed E-state index contributed by atoms with van der Waals surface area (Å²) in [5.41, 5.74) is 5.50. The molecule has 0 saturated carbocycles. The van der Waals surface area contributed by atoms with E-state index < -0.39 is 0 Å². The van der Waals surface area contributed by atoms with Crippen LogP contribution in [0.4, 0.5) is 10.7 Å². The number of aryl methyl sites for hydroxylation is 1. The number of thiazole rings is 1. The smallest absolute Gasteiger partial charge is 0.147 e. The lowest BCUT2D eigenvalue weighted by molar-refractivity contribution is 0.371. The second kappa shape index (κ2) is 9.61. The molecular weight excluding hydrogens is 434 g/mol. The summed E-state index contributed by atoms with van der Waals surface area (Å²) >= 11 is 1.58. The second-order valence-electron chi connectivity index (χ2n) is 9.14. The molecule has 2 unspecified atom stereocenters. The molecule has 1 aromatic carbocycles. The number of aromatic nitrogens is 1. The maximum absolute atomic E-state index is 10.8. The van der Waals surface area contributed by atoms with Gasteiger partial charge in [-0.15, -0.1) is 0 Å². The molecule has 5 rings (SSSR count). The highest BCUT2D eigenvalue weighted by Gasteiger charge is 2.36. The quantitative estimate of drug-likeness (QED) is 0.510. The molecule has 8 nitrogen and oxygen atoms in total. The molecule has 174 valence electrons. The van der Waals surface area contributed by atoms with Crippen LogP contribution in [0.2, 0.25) is 0 Å². The van der Waals surface area contributed by atoms with Gasteiger partial charge in [0.25, 0.3) is 0 Å². The van der Waals surface area contributed by atoms with Gasteiger partial charge in [0, 0.05) is 24.7 Å². The summed E-state index contributed by atoms with van der Waals surface area (Å²) in [6, 6.07) is 6.56. The standard InChI is InChI=1S/C24H31N7OS/c1-15-3-4-20-19(11-15)18(7-10-29-32)13-31(20)22-21-24(28-14-27-22)33-23(30-21)16(2)26-12-17-5-8-25-9-6-17/h3-4,11,14,17-18,22,25-26H,2,5-10,12-13H2,1H3,(H,27,28). The normalized spacial score (nSPS) is 21.9. The van der Waals surface area contributed by atoms with Crippen LogP contribution in [-0.2, 0) is 0 Å². The van der Waals surface area contributed by atoms with Gasteiger partial charge >= 0.3 is 0 Å². The average Bonchev–Trinajstić information content (AvgIpc) is 3.43. The number of piperidine rings is 1. The third-order valence-electron chi connectivity index (χ3n) is 6.86. The lowest BCUT2D eigenvalue weighted by Crippen LogP contribution is -2.39. The van der Waals surface area contributed by atoms with Gasteiger partial charge in [-0.05, 0) is 56.8 Å². The molecule has 1 saturated heterocycles. The van der Waals surface area contributed by atoms with Gasteiger partial charge in [-0.25, -0.2) is 9.98 Å². The van der Waals surface area contributed by atoms with Gasteiger partial charge in [0.1, 0.15) is 21.9 Å². The highest BCUT2D eigenvalue weighted by atomic mass is 32.1. The number of nitrogens with one attached hydrogen (secondary N) is 3. The fourth-order valence-electron chi connectivity index (χ4n) is 5.03. The summed E-state index contributed by atoms with van der Waals surface area (Å²) in [6.45, 7) is 10.6. The average molecular weight is 466 g/mol. The van der Waals surface area contributed by atoms with Gasteiger partial charge in [-0.3, -0.25) is 0 Å². The van der Waals surface area contributed by atoms with Crippen molar-refractivity contribution in [2.45, 2.75) is 38.3 Å². The second-order valence-corrected chi connectivity index (χ2v) is 10.1. The largest absolute Gasteiger partial charge is 0.383 e. The van der Waals surface area contributed by atoms with E-state index in [1.807, 2.05) is 0 Å². The van der Waals surface area contributed by atoms with Gasteiger partial charge < -0.3 is 20.9 Å². The van der Waals surface area contributed by atoms with Crippen molar-refractivity contribution >= 4 is 34.1 Å². The predicted molar refractivity (Wildman–Crippen MR) is 135 cm³/mol. The first-order chi connectivity index (χ1) is 16.1. The van der Waals surface area contributed by atoms with Gasteiger partial charge in [-0.2, -0.15) is 4.91 Å². The molecular formula is C24H31N7OS. The fraction of sp³-hybridized carbons (Fsp3) is 0.500. The van der Waals surface area contributed by atoms with Gasteiger partial charge in [0.2, 0.25) is 0 Å². The van der Waals surface area contributed by atoms with Crippen LogP contribution in [0, 0.1) is 17.7 Å². The van der Waals surface area contributed by atoms with E-state index in [4.69, 9.17) is 4.98 Å². The Morgan fingerprint density at radius 2 is 2.21 bits per heavy atom. The van der Waals surface area contributed by atoms with Gasteiger partial charge in [0.05, 0.1) is 18.6 Å². The van der Waals surface area contributed by atoms with Crippen LogP contribution >= 0.6 is 11.3 Å². The third kappa shape index (κ3) is 4.52. The van der Waals surface area contributed by atoms with Crippen molar-refractivity contribution in [3.8, 4) is 0 Å². The molecule has 1 fully saturated rings. The number of rotatable bonds is 8. The molecule has 0 radical (unpaired) electrons. The summed E-state index contributed by atoms with van der Waals surface area (Å²) in [5, 5.41) is 15.3. The minimum atomic E-state index is -0.102. The minimum absolute atomic E-state index is 0.102. The first kappa shape index (κ1) is 22.0. The number of benzene rings is 1. The Hall–Kier alpha value is -2.78. The maximum Gasteiger partial charge on any atom is 0.147 e. The monoisotopic (exact) mass is 465 g/mol. The summed E-state index contributed by atoms with van der Waals surface area (Å²) in [7, 11) is 0. The number of nitroso groups, excluding NO2 is 1. The SMILES string of the molecule is C=C(NCC1CCNCC1)c1nc2c(s1)N=CNC2N1CC(CCN=O)c2cc(C)ccc21. The van der Waals surface area contributed by atoms with Crippen LogP contribution in [0.25, 0.3) is 5.70 Å². The maximum atomic E-state index is 10.8. The zero-order valence-electron chi connectivity index (χ0n) is 19.0. The van der Waals surface area contributed by atoms with E-state index in [1.165, 1.54) is 29.7 Å². The number of hydrogen-bond acceptors (Lipinski definition) is 9. The van der Waals surface area contributed by atoms with Crippen molar-refractivity contribution in [2.75, 3.05) is 37.6 Å². The van der Waals surface area contributed by atoms with Crippen molar-refractivity contribution in [2.24, 2.45) is 16.1 Å². The highest BCUT2D eigenvalue weighted by molar-refractivity contribution is 7.16. The van der Waals surface area contributed by atoms with E-state index >= 15 is 0 Å². The Morgan fingerprint density at radius 3 is 3.03 bits per heavy atom. The third-order valence-corrected chi connectivity index (χ3v) is 7.90. The Morgan fingerprint density at radius 1 is 1.36 bits per heavy atom. The van der Waals surface area contributed by atoms with Crippen LogP contribution in [-0.4, -0.2) is 44.0 Å². The van der Waals surface area contributed by atoms with Crippen LogP contribution in [0.1, 0.15) is 53.2 Å². The van der Waals surface area contributed by atoms with E-state index in [1.54, 1.807) is 17.7 Å². The lowest BCUT2D eigenvalue weighted by Gasteiger charge is -2.31. The van der Waals surface area contributed by atoms with Crippen LogP contribution in [0.5, 0.6) is 0 Å². The Balaban J connectivity index is 1.35.